The van der Waals surface area contributed by atoms with Gasteiger partial charge in [-0.15, -0.1) is 0 Å². The van der Waals surface area contributed by atoms with Gasteiger partial charge < -0.3 is 19.3 Å². The van der Waals surface area contributed by atoms with Crippen LogP contribution in [0.15, 0.2) is 57.5 Å². The lowest BCUT2D eigenvalue weighted by atomic mass is 10.3. The molecular formula is C21H20Br2O6. The summed E-state index contributed by atoms with van der Waals surface area (Å²) in [5.41, 5.74) is -1.67. The minimum absolute atomic E-state index is 0.287. The number of hydrogen-bond acceptors (Lipinski definition) is 5. The van der Waals surface area contributed by atoms with E-state index < -0.39 is 17.2 Å². The summed E-state index contributed by atoms with van der Waals surface area (Å²) < 4.78 is 17.7. The summed E-state index contributed by atoms with van der Waals surface area (Å²) >= 11 is 6.63. The quantitative estimate of drug-likeness (QED) is 0.533. The number of carboxylic acids is 1. The number of methoxy groups -OCH3 is 1. The van der Waals surface area contributed by atoms with Crippen LogP contribution in [0.4, 0.5) is 0 Å². The monoisotopic (exact) mass is 526 g/mol. The zero-order valence-corrected chi connectivity index (χ0v) is 18.9. The molecule has 0 spiro atoms. The molecule has 2 aromatic carbocycles. The fraction of sp³-hybridized carbons (Fsp3) is 0.333. The number of carbonyl (C=O) groups excluding carboxylic acids is 1. The number of carboxylic acid groups (broad SMARTS) is 1. The molecule has 0 amide bonds. The van der Waals surface area contributed by atoms with Gasteiger partial charge in [0.25, 0.3) is 0 Å². The van der Waals surface area contributed by atoms with Crippen molar-refractivity contribution in [3.63, 3.8) is 0 Å². The number of aliphatic carboxylic acids is 1. The fourth-order valence-corrected chi connectivity index (χ4v) is 3.11. The molecule has 0 unspecified atom stereocenters. The van der Waals surface area contributed by atoms with Crippen LogP contribution in [-0.2, 0) is 14.3 Å². The van der Waals surface area contributed by atoms with Gasteiger partial charge in [0, 0.05) is 34.6 Å². The SMILES string of the molecule is COC(=O)C1(Oc2ccc(Br)cc2)CC1.O=C(O)C1(Oc2ccc(Br)cc2)CC1. The molecule has 0 saturated heterocycles. The summed E-state index contributed by atoms with van der Waals surface area (Å²) in [7, 11) is 1.38. The summed E-state index contributed by atoms with van der Waals surface area (Å²) in [6, 6.07) is 14.6. The van der Waals surface area contributed by atoms with E-state index in [-0.39, 0.29) is 5.97 Å². The number of ether oxygens (including phenoxy) is 3. The number of hydrogen-bond donors (Lipinski definition) is 1. The molecule has 2 saturated carbocycles. The molecule has 1 N–H and O–H groups in total. The van der Waals surface area contributed by atoms with E-state index in [2.05, 4.69) is 31.9 Å². The van der Waals surface area contributed by atoms with Crippen LogP contribution in [0.5, 0.6) is 11.5 Å². The van der Waals surface area contributed by atoms with Gasteiger partial charge in [-0.25, -0.2) is 9.59 Å². The Kier molecular flexibility index (Phi) is 6.53. The van der Waals surface area contributed by atoms with E-state index in [1.54, 1.807) is 12.1 Å². The second kappa shape index (κ2) is 8.75. The van der Waals surface area contributed by atoms with Crippen molar-refractivity contribution in [2.24, 2.45) is 0 Å². The summed E-state index contributed by atoms with van der Waals surface area (Å²) in [6.07, 6.45) is 2.66. The molecule has 2 aromatic rings. The lowest BCUT2D eigenvalue weighted by Gasteiger charge is -2.15. The minimum Gasteiger partial charge on any atom is -0.478 e. The third kappa shape index (κ3) is 5.51. The van der Waals surface area contributed by atoms with Crippen molar-refractivity contribution in [2.45, 2.75) is 36.9 Å². The first-order valence-corrected chi connectivity index (χ1v) is 10.6. The normalized spacial score (nSPS) is 17.2. The maximum absolute atomic E-state index is 11.4. The molecule has 2 aliphatic rings. The third-order valence-corrected chi connectivity index (χ3v) is 5.67. The van der Waals surface area contributed by atoms with Crippen molar-refractivity contribution in [1.82, 2.24) is 0 Å². The third-order valence-electron chi connectivity index (χ3n) is 4.61. The van der Waals surface area contributed by atoms with Gasteiger partial charge in [-0.05, 0) is 48.5 Å². The van der Waals surface area contributed by atoms with Crippen LogP contribution in [-0.4, -0.2) is 35.4 Å². The number of halogens is 2. The van der Waals surface area contributed by atoms with Crippen LogP contribution in [0, 0.1) is 0 Å². The maximum Gasteiger partial charge on any atom is 0.350 e. The first-order valence-electron chi connectivity index (χ1n) is 9.00. The highest BCUT2D eigenvalue weighted by molar-refractivity contribution is 9.10. The Balaban J connectivity index is 0.000000166. The van der Waals surface area contributed by atoms with Crippen molar-refractivity contribution < 1.29 is 28.9 Å². The van der Waals surface area contributed by atoms with Crippen LogP contribution in [0.2, 0.25) is 0 Å². The first kappa shape index (κ1) is 21.6. The summed E-state index contributed by atoms with van der Waals surface area (Å²) in [5.74, 6) is 0.139. The highest BCUT2D eigenvalue weighted by Gasteiger charge is 2.54. The molecule has 0 bridgehead atoms. The average molecular weight is 528 g/mol. The number of rotatable bonds is 6. The second-order valence-corrected chi connectivity index (χ2v) is 8.73. The Morgan fingerprint density at radius 2 is 1.17 bits per heavy atom. The largest absolute Gasteiger partial charge is 0.478 e. The van der Waals surface area contributed by atoms with E-state index in [9.17, 15) is 9.59 Å². The lowest BCUT2D eigenvalue weighted by Crippen LogP contribution is -2.30. The summed E-state index contributed by atoms with van der Waals surface area (Å²) in [6.45, 7) is 0. The smallest absolute Gasteiger partial charge is 0.350 e. The number of esters is 1. The van der Waals surface area contributed by atoms with Crippen LogP contribution in [0.3, 0.4) is 0 Å². The van der Waals surface area contributed by atoms with E-state index >= 15 is 0 Å². The maximum atomic E-state index is 11.4. The summed E-state index contributed by atoms with van der Waals surface area (Å²) in [5, 5.41) is 8.89. The van der Waals surface area contributed by atoms with Crippen LogP contribution in [0.25, 0.3) is 0 Å². The molecule has 2 fully saturated rings. The van der Waals surface area contributed by atoms with Gasteiger partial charge in [0.05, 0.1) is 7.11 Å². The molecule has 29 heavy (non-hydrogen) atoms. The van der Waals surface area contributed by atoms with Crippen LogP contribution < -0.4 is 9.47 Å². The van der Waals surface area contributed by atoms with Gasteiger partial charge in [-0.3, -0.25) is 0 Å². The molecular weight excluding hydrogens is 508 g/mol. The molecule has 6 nitrogen and oxygen atoms in total. The molecule has 0 aromatic heterocycles. The molecule has 0 radical (unpaired) electrons. The fourth-order valence-electron chi connectivity index (χ4n) is 2.58. The molecule has 0 atom stereocenters. The Labute approximate surface area is 185 Å². The highest BCUT2D eigenvalue weighted by atomic mass is 79.9. The Bertz CT molecular complexity index is 871. The minimum atomic E-state index is -0.951. The zero-order chi connectivity index (χ0) is 21.1. The molecule has 2 aliphatic carbocycles. The van der Waals surface area contributed by atoms with Crippen LogP contribution >= 0.6 is 31.9 Å². The summed E-state index contributed by atoms with van der Waals surface area (Å²) in [4.78, 5) is 22.2. The lowest BCUT2D eigenvalue weighted by molar-refractivity contribution is -0.151. The van der Waals surface area contributed by atoms with Gasteiger partial charge in [0.1, 0.15) is 11.5 Å². The number of benzene rings is 2. The van der Waals surface area contributed by atoms with Gasteiger partial charge >= 0.3 is 11.9 Å². The second-order valence-electron chi connectivity index (χ2n) is 6.90. The van der Waals surface area contributed by atoms with E-state index in [0.29, 0.717) is 24.3 Å². The topological polar surface area (TPSA) is 82.1 Å². The van der Waals surface area contributed by atoms with Crippen molar-refractivity contribution in [2.75, 3.05) is 7.11 Å². The molecule has 0 aliphatic heterocycles. The average Bonchev–Trinajstić information content (AvgIpc) is 3.63. The molecule has 4 rings (SSSR count). The van der Waals surface area contributed by atoms with Gasteiger partial charge in [0.15, 0.2) is 0 Å². The highest BCUT2D eigenvalue weighted by Crippen LogP contribution is 2.42. The van der Waals surface area contributed by atoms with Crippen molar-refractivity contribution in [1.29, 1.82) is 0 Å². The molecule has 154 valence electrons. The first-order chi connectivity index (χ1) is 13.8. The van der Waals surface area contributed by atoms with E-state index in [4.69, 9.17) is 19.3 Å². The van der Waals surface area contributed by atoms with Crippen LogP contribution in [0.1, 0.15) is 25.7 Å². The predicted molar refractivity (Wildman–Crippen MR) is 113 cm³/mol. The van der Waals surface area contributed by atoms with Gasteiger partial charge in [-0.1, -0.05) is 31.9 Å². The standard InChI is InChI=1S/C11H11BrO3.C10H9BrO3/c1-14-10(13)11(6-7-11)15-9-4-2-8(12)3-5-9;11-7-1-3-8(4-2-7)14-10(5-6-10)9(12)13/h2-5H,6-7H2,1H3;1-4H,5-6H2,(H,12,13). The van der Waals surface area contributed by atoms with E-state index in [1.165, 1.54) is 7.11 Å². The van der Waals surface area contributed by atoms with Crippen molar-refractivity contribution in [3.05, 3.63) is 57.5 Å². The number of carbonyl (C=O) groups is 2. The van der Waals surface area contributed by atoms with Crippen molar-refractivity contribution in [3.8, 4) is 11.5 Å². The Hall–Kier alpha value is -2.06. The van der Waals surface area contributed by atoms with Gasteiger partial charge in [0.2, 0.25) is 11.2 Å². The van der Waals surface area contributed by atoms with Crippen molar-refractivity contribution >= 4 is 43.8 Å². The van der Waals surface area contributed by atoms with E-state index in [1.807, 2.05) is 36.4 Å². The Morgan fingerprint density at radius 3 is 1.48 bits per heavy atom. The van der Waals surface area contributed by atoms with E-state index in [0.717, 1.165) is 21.8 Å². The molecule has 8 heteroatoms. The zero-order valence-electron chi connectivity index (χ0n) is 15.7. The molecule has 0 heterocycles. The van der Waals surface area contributed by atoms with Gasteiger partial charge in [-0.2, -0.15) is 0 Å². The Morgan fingerprint density at radius 1 is 0.793 bits per heavy atom. The predicted octanol–water partition coefficient (Wildman–Crippen LogP) is 4.98.